The van der Waals surface area contributed by atoms with Gasteiger partial charge in [-0.1, -0.05) is 18.2 Å². The van der Waals surface area contributed by atoms with E-state index in [1.807, 2.05) is 12.1 Å². The molecule has 1 saturated heterocycles. The fraction of sp³-hybridized carbons (Fsp3) is 0.538. The first-order valence-corrected chi connectivity index (χ1v) is 5.92. The molecular formula is C13H20ClFN2. The molecule has 2 rings (SSSR count). The molecule has 1 aromatic rings. The molecule has 0 aliphatic carbocycles. The summed E-state index contributed by atoms with van der Waals surface area (Å²) in [7, 11) is 0. The molecule has 0 radical (unpaired) electrons. The van der Waals surface area contributed by atoms with Gasteiger partial charge >= 0.3 is 0 Å². The van der Waals surface area contributed by atoms with Gasteiger partial charge in [-0.15, -0.1) is 12.4 Å². The Morgan fingerprint density at radius 2 is 1.88 bits per heavy atom. The molecule has 0 aromatic heterocycles. The highest BCUT2D eigenvalue weighted by molar-refractivity contribution is 5.85. The number of nitrogens with two attached hydrogens (primary N) is 1. The molecule has 1 heterocycles. The Morgan fingerprint density at radius 1 is 1.29 bits per heavy atom. The Kier molecular flexibility index (Phi) is 5.37. The number of piperidine rings is 1. The molecule has 2 N–H and O–H groups in total. The van der Waals surface area contributed by atoms with Crippen LogP contribution >= 0.6 is 12.4 Å². The number of benzene rings is 1. The van der Waals surface area contributed by atoms with E-state index in [0.29, 0.717) is 6.04 Å². The van der Waals surface area contributed by atoms with Crippen LogP contribution in [0.2, 0.25) is 0 Å². The highest BCUT2D eigenvalue weighted by Gasteiger charge is 2.22. The van der Waals surface area contributed by atoms with Crippen LogP contribution in [0.25, 0.3) is 0 Å². The standard InChI is InChI=1S/C13H19FN2.ClH/c1-10(12-4-2-3-5-13(12)14)16-8-6-11(15)7-9-16;/h2-5,10-11H,6-9,15H2,1H3;1H. The van der Waals surface area contributed by atoms with Crippen LogP contribution < -0.4 is 5.73 Å². The zero-order chi connectivity index (χ0) is 11.5. The van der Waals surface area contributed by atoms with Crippen LogP contribution in [0.1, 0.15) is 31.4 Å². The normalized spacial score (nSPS) is 19.7. The molecule has 0 bridgehead atoms. The summed E-state index contributed by atoms with van der Waals surface area (Å²) in [5.41, 5.74) is 6.65. The lowest BCUT2D eigenvalue weighted by atomic mass is 10.0. The number of rotatable bonds is 2. The fourth-order valence-corrected chi connectivity index (χ4v) is 2.32. The summed E-state index contributed by atoms with van der Waals surface area (Å²) in [6.07, 6.45) is 2.03. The Labute approximate surface area is 108 Å². The molecule has 1 fully saturated rings. The molecule has 96 valence electrons. The summed E-state index contributed by atoms with van der Waals surface area (Å²) in [6, 6.07) is 7.50. The topological polar surface area (TPSA) is 29.3 Å². The maximum atomic E-state index is 13.6. The van der Waals surface area contributed by atoms with Gasteiger partial charge in [0.15, 0.2) is 0 Å². The number of likely N-dealkylation sites (tertiary alicyclic amines) is 1. The fourth-order valence-electron chi connectivity index (χ4n) is 2.32. The maximum absolute atomic E-state index is 13.6. The van der Waals surface area contributed by atoms with Gasteiger partial charge in [0, 0.05) is 30.7 Å². The van der Waals surface area contributed by atoms with Crippen molar-refractivity contribution in [1.82, 2.24) is 4.90 Å². The van der Waals surface area contributed by atoms with E-state index < -0.39 is 0 Å². The van der Waals surface area contributed by atoms with E-state index in [0.717, 1.165) is 31.5 Å². The second kappa shape index (κ2) is 6.34. The van der Waals surface area contributed by atoms with Gasteiger partial charge in [0.2, 0.25) is 0 Å². The van der Waals surface area contributed by atoms with Gasteiger partial charge in [0.05, 0.1) is 0 Å². The first-order chi connectivity index (χ1) is 7.68. The summed E-state index contributed by atoms with van der Waals surface area (Å²) in [5, 5.41) is 0. The van der Waals surface area contributed by atoms with Crippen molar-refractivity contribution in [2.45, 2.75) is 31.8 Å². The monoisotopic (exact) mass is 258 g/mol. The van der Waals surface area contributed by atoms with E-state index in [1.54, 1.807) is 6.07 Å². The zero-order valence-electron chi connectivity index (χ0n) is 10.1. The smallest absolute Gasteiger partial charge is 0.127 e. The lowest BCUT2D eigenvalue weighted by Crippen LogP contribution is -2.41. The Hall–Kier alpha value is -0.640. The van der Waals surface area contributed by atoms with E-state index >= 15 is 0 Å². The van der Waals surface area contributed by atoms with Crippen molar-refractivity contribution >= 4 is 12.4 Å². The Bertz CT molecular complexity index is 351. The van der Waals surface area contributed by atoms with Crippen molar-refractivity contribution in [2.75, 3.05) is 13.1 Å². The number of hydrogen-bond donors (Lipinski definition) is 1. The van der Waals surface area contributed by atoms with Crippen LogP contribution in [0.15, 0.2) is 24.3 Å². The molecule has 0 saturated carbocycles. The van der Waals surface area contributed by atoms with Crippen LogP contribution in [0.4, 0.5) is 4.39 Å². The van der Waals surface area contributed by atoms with E-state index in [-0.39, 0.29) is 24.3 Å². The summed E-state index contributed by atoms with van der Waals surface area (Å²) in [6.45, 7) is 4.00. The van der Waals surface area contributed by atoms with E-state index in [9.17, 15) is 4.39 Å². The van der Waals surface area contributed by atoms with E-state index in [2.05, 4.69) is 11.8 Å². The number of hydrogen-bond acceptors (Lipinski definition) is 2. The largest absolute Gasteiger partial charge is 0.328 e. The average Bonchev–Trinajstić information content (AvgIpc) is 2.30. The molecular weight excluding hydrogens is 239 g/mol. The third-order valence-electron chi connectivity index (χ3n) is 3.48. The molecule has 1 aliphatic heterocycles. The van der Waals surface area contributed by atoms with E-state index in [4.69, 9.17) is 5.73 Å². The zero-order valence-corrected chi connectivity index (χ0v) is 10.9. The van der Waals surface area contributed by atoms with Gasteiger partial charge in [-0.2, -0.15) is 0 Å². The van der Waals surface area contributed by atoms with Gasteiger partial charge in [-0.3, -0.25) is 4.90 Å². The summed E-state index contributed by atoms with van der Waals surface area (Å²) < 4.78 is 13.6. The summed E-state index contributed by atoms with van der Waals surface area (Å²) >= 11 is 0. The molecule has 0 spiro atoms. The SMILES string of the molecule is CC(c1ccccc1F)N1CCC(N)CC1.Cl. The third kappa shape index (κ3) is 3.41. The predicted octanol–water partition coefficient (Wildman–Crippen LogP) is 2.73. The van der Waals surface area contributed by atoms with Crippen molar-refractivity contribution in [2.24, 2.45) is 5.73 Å². The summed E-state index contributed by atoms with van der Waals surface area (Å²) in [4.78, 5) is 2.31. The lowest BCUT2D eigenvalue weighted by molar-refractivity contribution is 0.161. The van der Waals surface area contributed by atoms with Gasteiger partial charge in [-0.25, -0.2) is 4.39 Å². The number of nitrogens with zero attached hydrogens (tertiary/aromatic N) is 1. The average molecular weight is 259 g/mol. The molecule has 1 unspecified atom stereocenters. The number of halogens is 2. The van der Waals surface area contributed by atoms with Crippen LogP contribution in [0, 0.1) is 5.82 Å². The quantitative estimate of drug-likeness (QED) is 0.884. The molecule has 1 aromatic carbocycles. The molecule has 2 nitrogen and oxygen atoms in total. The molecule has 1 atom stereocenters. The predicted molar refractivity (Wildman–Crippen MR) is 70.8 cm³/mol. The van der Waals surface area contributed by atoms with Crippen LogP contribution in [-0.2, 0) is 0 Å². The van der Waals surface area contributed by atoms with Crippen molar-refractivity contribution in [3.05, 3.63) is 35.6 Å². The minimum absolute atomic E-state index is 0. The minimum Gasteiger partial charge on any atom is -0.328 e. The maximum Gasteiger partial charge on any atom is 0.127 e. The third-order valence-corrected chi connectivity index (χ3v) is 3.48. The lowest BCUT2D eigenvalue weighted by Gasteiger charge is -2.35. The highest BCUT2D eigenvalue weighted by atomic mass is 35.5. The van der Waals surface area contributed by atoms with Gasteiger partial charge in [-0.05, 0) is 25.8 Å². The van der Waals surface area contributed by atoms with Crippen molar-refractivity contribution in [3.63, 3.8) is 0 Å². The van der Waals surface area contributed by atoms with Crippen LogP contribution in [0.3, 0.4) is 0 Å². The van der Waals surface area contributed by atoms with Crippen LogP contribution in [-0.4, -0.2) is 24.0 Å². The van der Waals surface area contributed by atoms with Crippen molar-refractivity contribution in [3.8, 4) is 0 Å². The molecule has 0 amide bonds. The molecule has 1 aliphatic rings. The highest BCUT2D eigenvalue weighted by Crippen LogP contribution is 2.25. The first-order valence-electron chi connectivity index (χ1n) is 5.92. The second-order valence-corrected chi connectivity index (χ2v) is 4.57. The van der Waals surface area contributed by atoms with Crippen molar-refractivity contribution in [1.29, 1.82) is 0 Å². The minimum atomic E-state index is -0.107. The van der Waals surface area contributed by atoms with Crippen LogP contribution in [0.5, 0.6) is 0 Å². The van der Waals surface area contributed by atoms with E-state index in [1.165, 1.54) is 6.07 Å². The first kappa shape index (κ1) is 14.4. The summed E-state index contributed by atoms with van der Waals surface area (Å²) in [5.74, 6) is -0.107. The second-order valence-electron chi connectivity index (χ2n) is 4.57. The van der Waals surface area contributed by atoms with Gasteiger partial charge < -0.3 is 5.73 Å². The van der Waals surface area contributed by atoms with Gasteiger partial charge in [0.25, 0.3) is 0 Å². The Balaban J connectivity index is 0.00000144. The molecule has 4 heteroatoms. The van der Waals surface area contributed by atoms with Gasteiger partial charge in [0.1, 0.15) is 5.82 Å². The van der Waals surface area contributed by atoms with Crippen molar-refractivity contribution < 1.29 is 4.39 Å². The molecule has 17 heavy (non-hydrogen) atoms. The Morgan fingerprint density at radius 3 is 2.47 bits per heavy atom.